The van der Waals surface area contributed by atoms with Crippen LogP contribution < -0.4 is 20.3 Å². The van der Waals surface area contributed by atoms with Gasteiger partial charge in [-0.15, -0.1) is 0 Å². The number of rotatable bonds is 4. The molecular formula is C24H31N5O3. The second-order valence-corrected chi connectivity index (χ2v) is 9.06. The molecule has 0 atom stereocenters. The zero-order valence-electron chi connectivity index (χ0n) is 18.7. The maximum atomic E-state index is 13.1. The van der Waals surface area contributed by atoms with Crippen molar-refractivity contribution < 1.29 is 9.53 Å². The highest BCUT2D eigenvalue weighted by atomic mass is 16.5. The molecule has 0 aliphatic carbocycles. The minimum atomic E-state index is -0.241. The van der Waals surface area contributed by atoms with Crippen molar-refractivity contribution in [2.24, 2.45) is 5.92 Å². The zero-order valence-corrected chi connectivity index (χ0v) is 18.7. The number of nitrogens with zero attached hydrogens (tertiary/aromatic N) is 5. The van der Waals surface area contributed by atoms with E-state index in [1.165, 1.54) is 22.0 Å². The van der Waals surface area contributed by atoms with Gasteiger partial charge >= 0.3 is 0 Å². The summed E-state index contributed by atoms with van der Waals surface area (Å²) in [5, 5.41) is 4.53. The summed E-state index contributed by atoms with van der Waals surface area (Å²) in [4.78, 5) is 31.9. The van der Waals surface area contributed by atoms with Crippen molar-refractivity contribution in [2.75, 3.05) is 60.6 Å². The van der Waals surface area contributed by atoms with Crippen LogP contribution in [0.15, 0.2) is 35.1 Å². The van der Waals surface area contributed by atoms with Gasteiger partial charge in [-0.05, 0) is 55.0 Å². The Labute approximate surface area is 188 Å². The summed E-state index contributed by atoms with van der Waals surface area (Å²) < 4.78 is 6.76. The van der Waals surface area contributed by atoms with E-state index in [1.54, 1.807) is 11.0 Å². The van der Waals surface area contributed by atoms with Crippen molar-refractivity contribution in [1.29, 1.82) is 0 Å². The lowest BCUT2D eigenvalue weighted by Crippen LogP contribution is -2.38. The van der Waals surface area contributed by atoms with Gasteiger partial charge in [-0.1, -0.05) is 6.92 Å². The van der Waals surface area contributed by atoms with Crippen LogP contribution in [0.2, 0.25) is 0 Å². The van der Waals surface area contributed by atoms with Gasteiger partial charge in [0.1, 0.15) is 12.4 Å². The number of morpholine rings is 1. The van der Waals surface area contributed by atoms with Gasteiger partial charge in [-0.25, -0.2) is 4.68 Å². The summed E-state index contributed by atoms with van der Waals surface area (Å²) in [6.45, 7) is 8.02. The Morgan fingerprint density at radius 3 is 2.59 bits per heavy atom. The quantitative estimate of drug-likeness (QED) is 0.728. The number of carbonyl (C=O) groups excluding carboxylic acids is 1. The van der Waals surface area contributed by atoms with Crippen LogP contribution in [-0.2, 0) is 22.5 Å². The highest BCUT2D eigenvalue weighted by Gasteiger charge is 2.27. The van der Waals surface area contributed by atoms with Crippen LogP contribution in [0, 0.1) is 5.92 Å². The minimum absolute atomic E-state index is 0.0401. The molecule has 32 heavy (non-hydrogen) atoms. The van der Waals surface area contributed by atoms with Gasteiger partial charge < -0.3 is 19.4 Å². The fraction of sp³-hybridized carbons (Fsp3) is 0.542. The largest absolute Gasteiger partial charge is 0.378 e. The number of carbonyl (C=O) groups is 1. The van der Waals surface area contributed by atoms with Gasteiger partial charge in [-0.2, -0.15) is 5.10 Å². The molecule has 0 spiro atoms. The van der Waals surface area contributed by atoms with Crippen LogP contribution >= 0.6 is 0 Å². The normalized spacial score (nSPS) is 19.3. The van der Waals surface area contributed by atoms with Gasteiger partial charge in [-0.3, -0.25) is 9.59 Å². The van der Waals surface area contributed by atoms with Gasteiger partial charge in [0.05, 0.1) is 13.2 Å². The number of hydrogen-bond donors (Lipinski definition) is 0. The average molecular weight is 438 g/mol. The van der Waals surface area contributed by atoms with E-state index in [2.05, 4.69) is 34.0 Å². The Morgan fingerprint density at radius 2 is 1.81 bits per heavy atom. The molecule has 1 aromatic carbocycles. The average Bonchev–Trinajstić information content (AvgIpc) is 3.25. The first-order valence-electron chi connectivity index (χ1n) is 11.7. The van der Waals surface area contributed by atoms with Gasteiger partial charge in [0.25, 0.3) is 5.56 Å². The van der Waals surface area contributed by atoms with Crippen LogP contribution in [0.4, 0.5) is 17.2 Å². The molecule has 170 valence electrons. The molecule has 2 saturated heterocycles. The summed E-state index contributed by atoms with van der Waals surface area (Å²) in [5.41, 5.74) is 3.07. The first-order chi connectivity index (χ1) is 15.6. The van der Waals surface area contributed by atoms with E-state index in [9.17, 15) is 9.59 Å². The maximum absolute atomic E-state index is 13.1. The summed E-state index contributed by atoms with van der Waals surface area (Å²) in [5.74, 6) is 1.40. The molecule has 3 aliphatic heterocycles. The van der Waals surface area contributed by atoms with Gasteiger partial charge in [0.15, 0.2) is 0 Å². The van der Waals surface area contributed by atoms with E-state index < -0.39 is 0 Å². The molecule has 1 aromatic heterocycles. The van der Waals surface area contributed by atoms with E-state index in [0.29, 0.717) is 6.54 Å². The van der Waals surface area contributed by atoms with E-state index >= 15 is 0 Å². The number of anilines is 3. The number of fused-ring (bicyclic) bond motifs is 1. The Hall–Kier alpha value is -2.87. The number of amides is 1. The smallest absolute Gasteiger partial charge is 0.267 e. The number of piperidine rings is 1. The Kier molecular flexibility index (Phi) is 5.87. The number of hydrogen-bond acceptors (Lipinski definition) is 6. The molecule has 4 heterocycles. The molecule has 8 nitrogen and oxygen atoms in total. The Morgan fingerprint density at radius 1 is 1.03 bits per heavy atom. The highest BCUT2D eigenvalue weighted by molar-refractivity contribution is 5.95. The van der Waals surface area contributed by atoms with Crippen molar-refractivity contribution in [3.05, 3.63) is 46.2 Å². The molecule has 2 aromatic rings. The summed E-state index contributed by atoms with van der Waals surface area (Å²) in [6, 6.07) is 9.61. The zero-order chi connectivity index (χ0) is 22.1. The third kappa shape index (κ3) is 4.24. The van der Waals surface area contributed by atoms with Crippen LogP contribution in [0.3, 0.4) is 0 Å². The molecule has 3 aliphatic rings. The molecule has 8 heteroatoms. The third-order valence-electron chi connectivity index (χ3n) is 6.88. The third-order valence-corrected chi connectivity index (χ3v) is 6.88. The van der Waals surface area contributed by atoms with Crippen LogP contribution in [-0.4, -0.2) is 61.6 Å². The Balaban J connectivity index is 1.30. The van der Waals surface area contributed by atoms with E-state index in [-0.39, 0.29) is 18.0 Å². The second kappa shape index (κ2) is 8.94. The molecule has 2 fully saturated rings. The standard InChI is InChI=1S/C24H31N5O3/c1-18-6-9-27(10-7-18)22-4-5-23(30)29(25-22)17-24(31)28-11-8-19-16-20(2-3-21(19)28)26-12-14-32-15-13-26/h2-5,16,18H,6-15,17H2,1H3. The fourth-order valence-electron chi connectivity index (χ4n) is 4.84. The second-order valence-electron chi connectivity index (χ2n) is 9.06. The molecule has 0 saturated carbocycles. The minimum Gasteiger partial charge on any atom is -0.378 e. The van der Waals surface area contributed by atoms with Gasteiger partial charge in [0.2, 0.25) is 5.91 Å². The lowest BCUT2D eigenvalue weighted by Gasteiger charge is -2.31. The maximum Gasteiger partial charge on any atom is 0.267 e. The van der Waals surface area contributed by atoms with Crippen molar-refractivity contribution in [3.8, 4) is 0 Å². The van der Waals surface area contributed by atoms with Crippen molar-refractivity contribution in [3.63, 3.8) is 0 Å². The topological polar surface area (TPSA) is 70.9 Å². The molecule has 1 amide bonds. The molecule has 0 unspecified atom stereocenters. The lowest BCUT2D eigenvalue weighted by molar-refractivity contribution is -0.119. The van der Waals surface area contributed by atoms with Crippen molar-refractivity contribution in [1.82, 2.24) is 9.78 Å². The molecular weight excluding hydrogens is 406 g/mol. The SMILES string of the molecule is CC1CCN(c2ccc(=O)n(CC(=O)N3CCc4cc(N5CCOCC5)ccc43)n2)CC1. The van der Waals surface area contributed by atoms with Gasteiger partial charge in [0, 0.05) is 50.2 Å². The number of ether oxygens (including phenoxy) is 1. The molecule has 0 bridgehead atoms. The fourth-order valence-corrected chi connectivity index (χ4v) is 4.84. The monoisotopic (exact) mass is 437 g/mol. The van der Waals surface area contributed by atoms with E-state index in [4.69, 9.17) is 4.74 Å². The summed E-state index contributed by atoms with van der Waals surface area (Å²) in [6.07, 6.45) is 3.07. The first kappa shape index (κ1) is 21.0. The van der Waals surface area contributed by atoms with E-state index in [0.717, 1.165) is 76.1 Å². The number of benzene rings is 1. The molecule has 0 N–H and O–H groups in total. The van der Waals surface area contributed by atoms with Crippen molar-refractivity contribution >= 4 is 23.1 Å². The first-order valence-corrected chi connectivity index (χ1v) is 11.7. The summed E-state index contributed by atoms with van der Waals surface area (Å²) in [7, 11) is 0. The van der Waals surface area contributed by atoms with Crippen LogP contribution in [0.5, 0.6) is 0 Å². The Bertz CT molecular complexity index is 1040. The van der Waals surface area contributed by atoms with Crippen molar-refractivity contribution in [2.45, 2.75) is 32.7 Å². The predicted molar refractivity (Wildman–Crippen MR) is 125 cm³/mol. The van der Waals surface area contributed by atoms with E-state index in [1.807, 2.05) is 6.07 Å². The molecule has 5 rings (SSSR count). The van der Waals surface area contributed by atoms with Crippen LogP contribution in [0.25, 0.3) is 0 Å². The lowest BCUT2D eigenvalue weighted by atomic mass is 9.99. The highest BCUT2D eigenvalue weighted by Crippen LogP contribution is 2.32. The summed E-state index contributed by atoms with van der Waals surface area (Å²) >= 11 is 0. The molecule has 0 radical (unpaired) electrons. The number of aromatic nitrogens is 2. The predicted octanol–water partition coefficient (Wildman–Crippen LogP) is 1.91. The van der Waals surface area contributed by atoms with Crippen LogP contribution in [0.1, 0.15) is 25.3 Å².